The third kappa shape index (κ3) is 6.39. The molecule has 0 spiro atoms. The summed E-state index contributed by atoms with van der Waals surface area (Å²) < 4.78 is 49.2. The lowest BCUT2D eigenvalue weighted by atomic mass is 9.98. The van der Waals surface area contributed by atoms with E-state index in [9.17, 15) is 18.0 Å². The van der Waals surface area contributed by atoms with Crippen LogP contribution in [-0.2, 0) is 12.7 Å². The summed E-state index contributed by atoms with van der Waals surface area (Å²) in [5.74, 6) is 0.595. The van der Waals surface area contributed by atoms with E-state index < -0.39 is 23.2 Å². The minimum Gasteiger partial charge on any atom is -0.478 e. The van der Waals surface area contributed by atoms with Crippen LogP contribution >= 0.6 is 11.6 Å². The summed E-state index contributed by atoms with van der Waals surface area (Å²) in [4.78, 5) is 26.3. The number of piperazine rings is 1. The summed E-state index contributed by atoms with van der Waals surface area (Å²) >= 11 is 5.85. The molecule has 8 nitrogen and oxygen atoms in total. The third-order valence-electron chi connectivity index (χ3n) is 7.75. The van der Waals surface area contributed by atoms with Gasteiger partial charge in [-0.05, 0) is 61.4 Å². The van der Waals surface area contributed by atoms with Crippen molar-refractivity contribution < 1.29 is 22.7 Å². The van der Waals surface area contributed by atoms with E-state index in [2.05, 4.69) is 20.9 Å². The minimum absolute atomic E-state index is 0.0752. The van der Waals surface area contributed by atoms with Crippen molar-refractivity contribution in [2.45, 2.75) is 39.0 Å². The van der Waals surface area contributed by atoms with Crippen LogP contribution in [0.4, 0.5) is 18.9 Å². The second-order valence-corrected chi connectivity index (χ2v) is 10.9. The van der Waals surface area contributed by atoms with E-state index in [0.29, 0.717) is 38.5 Å². The van der Waals surface area contributed by atoms with Crippen LogP contribution in [-0.4, -0.2) is 64.2 Å². The van der Waals surface area contributed by atoms with Gasteiger partial charge in [0.1, 0.15) is 5.82 Å². The summed E-state index contributed by atoms with van der Waals surface area (Å²) in [5, 5.41) is -0.0752. The van der Waals surface area contributed by atoms with Crippen molar-refractivity contribution in [1.82, 2.24) is 19.4 Å². The normalized spacial score (nSPS) is 15.5. The first-order valence-electron chi connectivity index (χ1n) is 14.5. The van der Waals surface area contributed by atoms with Gasteiger partial charge in [-0.3, -0.25) is 4.79 Å². The summed E-state index contributed by atoms with van der Waals surface area (Å²) in [6.07, 6.45) is 1.25. The Morgan fingerprint density at radius 2 is 1.89 bits per heavy atom. The molecule has 3 heterocycles. The molecule has 5 rings (SSSR count). The second kappa shape index (κ2) is 13.3. The summed E-state index contributed by atoms with van der Waals surface area (Å²) in [6, 6.07) is 13.0. The standard InChI is InChI=1S/C32H34ClF3N6O2/c1-3-23-20-41(31(43)25-9-8-22(33)19-27(25)32(34,35)36)16-17-42(23)28-10-7-21(24-6-5-12-39-30(24)44-4-2)18-26(28)29-38-13-15-40(29)14-11-37/h5-10,12-13,15,18-19,23H,3-4,11,14,16-17,20,37H2,1-2H3/t23-/m1/s1. The Morgan fingerprint density at radius 3 is 2.61 bits per heavy atom. The average molecular weight is 627 g/mol. The van der Waals surface area contributed by atoms with Crippen LogP contribution in [0, 0.1) is 0 Å². The summed E-state index contributed by atoms with van der Waals surface area (Å²) in [6.45, 7) is 6.29. The van der Waals surface area contributed by atoms with E-state index in [-0.39, 0.29) is 24.2 Å². The lowest BCUT2D eigenvalue weighted by molar-refractivity contribution is -0.138. The smallest absolute Gasteiger partial charge is 0.417 e. The number of nitrogens with zero attached hydrogens (tertiary/aromatic N) is 5. The van der Waals surface area contributed by atoms with Gasteiger partial charge in [0, 0.05) is 79.2 Å². The molecule has 0 aliphatic carbocycles. The fourth-order valence-corrected chi connectivity index (χ4v) is 5.85. The zero-order valence-corrected chi connectivity index (χ0v) is 25.3. The number of halogens is 4. The first-order valence-corrected chi connectivity index (χ1v) is 14.9. The van der Waals surface area contributed by atoms with Gasteiger partial charge >= 0.3 is 6.18 Å². The predicted octanol–water partition coefficient (Wildman–Crippen LogP) is 6.38. The van der Waals surface area contributed by atoms with Gasteiger partial charge in [0.25, 0.3) is 5.91 Å². The SMILES string of the molecule is CCOc1ncccc1-c1ccc(N2CCN(C(=O)c3ccc(Cl)cc3C(F)(F)F)C[C@H]2CC)c(-c2nccn2CCN)c1. The lowest BCUT2D eigenvalue weighted by Crippen LogP contribution is -2.55. The molecule has 0 saturated carbocycles. The Balaban J connectivity index is 1.52. The van der Waals surface area contributed by atoms with E-state index in [1.54, 1.807) is 12.4 Å². The molecule has 2 aromatic heterocycles. The number of nitrogens with two attached hydrogens (primary N) is 1. The maximum absolute atomic E-state index is 13.8. The van der Waals surface area contributed by atoms with Crippen LogP contribution in [0.1, 0.15) is 36.2 Å². The second-order valence-electron chi connectivity index (χ2n) is 10.4. The highest BCUT2D eigenvalue weighted by Crippen LogP contribution is 2.39. The maximum Gasteiger partial charge on any atom is 0.417 e. The number of pyridine rings is 1. The molecule has 0 radical (unpaired) electrons. The molecule has 232 valence electrons. The largest absolute Gasteiger partial charge is 0.478 e. The molecular formula is C32H34ClF3N6O2. The van der Waals surface area contributed by atoms with Crippen molar-refractivity contribution in [3.8, 4) is 28.4 Å². The van der Waals surface area contributed by atoms with Crippen LogP contribution in [0.5, 0.6) is 5.88 Å². The molecule has 1 amide bonds. The van der Waals surface area contributed by atoms with Crippen molar-refractivity contribution in [1.29, 1.82) is 0 Å². The highest BCUT2D eigenvalue weighted by molar-refractivity contribution is 6.30. The molecule has 1 fully saturated rings. The van der Waals surface area contributed by atoms with E-state index in [1.165, 1.54) is 11.0 Å². The molecular weight excluding hydrogens is 593 g/mol. The van der Waals surface area contributed by atoms with Crippen molar-refractivity contribution in [3.63, 3.8) is 0 Å². The monoisotopic (exact) mass is 626 g/mol. The number of anilines is 1. The number of imidazole rings is 1. The number of rotatable bonds is 9. The Kier molecular flexibility index (Phi) is 9.45. The van der Waals surface area contributed by atoms with Gasteiger partial charge in [0.15, 0.2) is 0 Å². The van der Waals surface area contributed by atoms with Crippen molar-refractivity contribution in [3.05, 3.63) is 83.3 Å². The number of benzene rings is 2. The van der Waals surface area contributed by atoms with Gasteiger partial charge < -0.3 is 24.8 Å². The Morgan fingerprint density at radius 1 is 1.07 bits per heavy atom. The van der Waals surface area contributed by atoms with Crippen LogP contribution in [0.2, 0.25) is 5.02 Å². The van der Waals surface area contributed by atoms with Crippen LogP contribution in [0.15, 0.2) is 67.1 Å². The van der Waals surface area contributed by atoms with Gasteiger partial charge in [0.05, 0.1) is 17.7 Å². The highest BCUT2D eigenvalue weighted by Gasteiger charge is 2.38. The van der Waals surface area contributed by atoms with Crippen LogP contribution in [0.25, 0.3) is 22.5 Å². The molecule has 2 N–H and O–H groups in total. The molecule has 0 unspecified atom stereocenters. The highest BCUT2D eigenvalue weighted by atomic mass is 35.5. The Bertz CT molecular complexity index is 1630. The lowest BCUT2D eigenvalue weighted by Gasteiger charge is -2.43. The zero-order chi connectivity index (χ0) is 31.4. The first kappa shape index (κ1) is 31.3. The predicted molar refractivity (Wildman–Crippen MR) is 165 cm³/mol. The van der Waals surface area contributed by atoms with Crippen molar-refractivity contribution in [2.75, 3.05) is 37.7 Å². The van der Waals surface area contributed by atoms with Gasteiger partial charge in [-0.15, -0.1) is 0 Å². The zero-order valence-electron chi connectivity index (χ0n) is 24.5. The molecule has 1 aliphatic heterocycles. The molecule has 1 atom stereocenters. The first-order chi connectivity index (χ1) is 21.2. The molecule has 2 aromatic carbocycles. The number of aromatic nitrogens is 3. The molecule has 44 heavy (non-hydrogen) atoms. The number of hydrogen-bond acceptors (Lipinski definition) is 6. The van der Waals surface area contributed by atoms with E-state index in [0.717, 1.165) is 40.3 Å². The fraction of sp³-hybridized carbons (Fsp3) is 0.344. The Labute approximate surface area is 259 Å². The molecule has 12 heteroatoms. The van der Waals surface area contributed by atoms with E-state index >= 15 is 0 Å². The molecule has 1 aliphatic rings. The van der Waals surface area contributed by atoms with Crippen LogP contribution < -0.4 is 15.4 Å². The minimum atomic E-state index is -4.71. The van der Waals surface area contributed by atoms with E-state index in [4.69, 9.17) is 22.1 Å². The van der Waals surface area contributed by atoms with Crippen molar-refractivity contribution in [2.24, 2.45) is 5.73 Å². The van der Waals surface area contributed by atoms with Gasteiger partial charge in [0.2, 0.25) is 5.88 Å². The number of ether oxygens (including phenoxy) is 1. The molecule has 1 saturated heterocycles. The quantitative estimate of drug-likeness (QED) is 0.232. The summed E-state index contributed by atoms with van der Waals surface area (Å²) in [7, 11) is 0. The van der Waals surface area contributed by atoms with Gasteiger partial charge in [-0.2, -0.15) is 13.2 Å². The molecule has 4 aromatic rings. The third-order valence-corrected chi connectivity index (χ3v) is 7.99. The molecule has 0 bridgehead atoms. The fourth-order valence-electron chi connectivity index (χ4n) is 5.68. The Hall–Kier alpha value is -4.09. The van der Waals surface area contributed by atoms with Crippen molar-refractivity contribution >= 4 is 23.2 Å². The number of alkyl halides is 3. The summed E-state index contributed by atoms with van der Waals surface area (Å²) in [5.41, 5.74) is 7.97. The van der Waals surface area contributed by atoms with Crippen LogP contribution in [0.3, 0.4) is 0 Å². The average Bonchev–Trinajstić information content (AvgIpc) is 3.48. The van der Waals surface area contributed by atoms with Gasteiger partial charge in [-0.1, -0.05) is 24.6 Å². The maximum atomic E-state index is 13.8. The number of carbonyl (C=O) groups is 1. The number of amides is 1. The number of hydrogen-bond donors (Lipinski definition) is 1. The van der Waals surface area contributed by atoms with Gasteiger partial charge in [-0.25, -0.2) is 9.97 Å². The topological polar surface area (TPSA) is 89.5 Å². The number of carbonyl (C=O) groups excluding carboxylic acids is 1. The van der Waals surface area contributed by atoms with E-state index in [1.807, 2.05) is 48.9 Å².